The van der Waals surface area contributed by atoms with Crippen LogP contribution in [-0.4, -0.2) is 24.0 Å². The van der Waals surface area contributed by atoms with Gasteiger partial charge >= 0.3 is 11.9 Å². The molecule has 2 aliphatic rings. The summed E-state index contributed by atoms with van der Waals surface area (Å²) >= 11 is 0. The minimum atomic E-state index is -4.16. The van der Waals surface area contributed by atoms with Crippen molar-refractivity contribution in [3.8, 4) is 0 Å². The summed E-state index contributed by atoms with van der Waals surface area (Å²) in [6, 6.07) is 0. The second kappa shape index (κ2) is 5.21. The van der Waals surface area contributed by atoms with Gasteiger partial charge < -0.3 is 14.6 Å². The van der Waals surface area contributed by atoms with Crippen LogP contribution in [0.1, 0.15) is 46.5 Å². The van der Waals surface area contributed by atoms with Crippen molar-refractivity contribution in [2.24, 2.45) is 23.2 Å². The fourth-order valence-electron chi connectivity index (χ4n) is 3.50. The summed E-state index contributed by atoms with van der Waals surface area (Å²) in [6.07, 6.45) is 1.16. The van der Waals surface area contributed by atoms with Crippen LogP contribution in [0.15, 0.2) is 0 Å². The summed E-state index contributed by atoms with van der Waals surface area (Å²) in [4.78, 5) is 22.7. The van der Waals surface area contributed by atoms with Crippen LogP contribution in [0.5, 0.6) is 0 Å². The summed E-state index contributed by atoms with van der Waals surface area (Å²) in [6.45, 7) is 4.64. The molecule has 0 spiro atoms. The van der Waals surface area contributed by atoms with Crippen molar-refractivity contribution in [1.82, 2.24) is 0 Å². The molecular weight excluding hydrogens is 282 g/mol. The summed E-state index contributed by atoms with van der Waals surface area (Å²) in [5.41, 5.74) is -0.960. The van der Waals surface area contributed by atoms with E-state index < -0.39 is 35.3 Å². The van der Waals surface area contributed by atoms with Crippen LogP contribution in [0.2, 0.25) is 0 Å². The molecule has 4 unspecified atom stereocenters. The van der Waals surface area contributed by atoms with Crippen LogP contribution >= 0.6 is 0 Å². The molecule has 0 saturated heterocycles. The number of alkyl halides is 2. The van der Waals surface area contributed by atoms with Crippen LogP contribution in [0.4, 0.5) is 8.78 Å². The van der Waals surface area contributed by atoms with Crippen LogP contribution in [0.3, 0.4) is 0 Å². The Kier molecular flexibility index (Phi) is 4.02. The lowest BCUT2D eigenvalue weighted by molar-refractivity contribution is -0.338. The molecule has 0 aromatic rings. The molecule has 0 aromatic heterocycles. The number of ether oxygens (including phenoxy) is 1. The monoisotopic (exact) mass is 303 g/mol. The third-order valence-corrected chi connectivity index (χ3v) is 4.66. The Hall–Kier alpha value is -1.20. The molecule has 2 bridgehead atoms. The van der Waals surface area contributed by atoms with E-state index in [1.807, 2.05) is 0 Å². The maximum Gasteiger partial charge on any atom is 0.323 e. The average molecular weight is 303 g/mol. The Morgan fingerprint density at radius 3 is 2.19 bits per heavy atom. The van der Waals surface area contributed by atoms with Gasteiger partial charge in [0, 0.05) is 5.92 Å². The molecule has 21 heavy (non-hydrogen) atoms. The molecule has 4 nitrogen and oxygen atoms in total. The molecule has 120 valence electrons. The van der Waals surface area contributed by atoms with Gasteiger partial charge in [-0.2, -0.15) is 8.78 Å². The van der Waals surface area contributed by atoms with Gasteiger partial charge in [-0.3, -0.25) is 4.79 Å². The summed E-state index contributed by atoms with van der Waals surface area (Å²) in [5, 5.41) is 10.8. The van der Waals surface area contributed by atoms with Gasteiger partial charge in [-0.1, -0.05) is 6.42 Å². The van der Waals surface area contributed by atoms with Crippen molar-refractivity contribution in [1.29, 1.82) is 0 Å². The van der Waals surface area contributed by atoms with Gasteiger partial charge in [0.05, 0.1) is 5.41 Å². The second-order valence-electron chi connectivity index (χ2n) is 7.33. The third kappa shape index (κ3) is 3.04. The maximum absolute atomic E-state index is 14.0. The number of rotatable bonds is 4. The van der Waals surface area contributed by atoms with E-state index in [4.69, 9.17) is 4.74 Å². The van der Waals surface area contributed by atoms with Crippen molar-refractivity contribution in [2.45, 2.75) is 58.5 Å². The second-order valence-corrected chi connectivity index (χ2v) is 7.33. The lowest BCUT2D eigenvalue weighted by atomic mass is 9.82. The molecule has 0 aliphatic heterocycles. The predicted molar refractivity (Wildman–Crippen MR) is 68.2 cm³/mol. The lowest BCUT2D eigenvalue weighted by Gasteiger charge is -2.36. The Morgan fingerprint density at radius 1 is 1.19 bits per heavy atom. The zero-order chi connectivity index (χ0) is 16.0. The molecular formula is C15H21F2O4-. The van der Waals surface area contributed by atoms with Crippen LogP contribution in [0, 0.1) is 23.2 Å². The van der Waals surface area contributed by atoms with E-state index in [0.717, 1.165) is 19.3 Å². The zero-order valence-corrected chi connectivity index (χ0v) is 12.5. The van der Waals surface area contributed by atoms with E-state index in [-0.39, 0.29) is 5.92 Å². The number of carboxylic acid groups (broad SMARTS) is 1. The highest BCUT2D eigenvalue weighted by molar-refractivity contribution is 5.78. The number of carboxylic acids is 1. The molecule has 0 heterocycles. The molecule has 2 rings (SSSR count). The quantitative estimate of drug-likeness (QED) is 0.742. The van der Waals surface area contributed by atoms with Gasteiger partial charge in [0.25, 0.3) is 0 Å². The van der Waals surface area contributed by atoms with E-state index in [1.165, 1.54) is 0 Å². The van der Waals surface area contributed by atoms with Crippen molar-refractivity contribution >= 4 is 11.9 Å². The maximum atomic E-state index is 14.0. The topological polar surface area (TPSA) is 66.4 Å². The van der Waals surface area contributed by atoms with Gasteiger partial charge in [0.15, 0.2) is 6.10 Å². The number of hydrogen-bond acceptors (Lipinski definition) is 4. The van der Waals surface area contributed by atoms with E-state index in [2.05, 4.69) is 0 Å². The van der Waals surface area contributed by atoms with Gasteiger partial charge in [-0.05, 0) is 51.9 Å². The number of carbonyl (C=O) groups excluding carboxylic acids is 2. The molecule has 2 saturated carbocycles. The lowest BCUT2D eigenvalue weighted by Crippen LogP contribution is -2.55. The van der Waals surface area contributed by atoms with Crippen molar-refractivity contribution in [3.05, 3.63) is 0 Å². The molecule has 0 N–H and O–H groups in total. The number of fused-ring (bicyclic) bond motifs is 2. The Balaban J connectivity index is 2.23. The Bertz CT molecular complexity index is 441. The van der Waals surface area contributed by atoms with Crippen molar-refractivity contribution in [2.75, 3.05) is 0 Å². The fourth-order valence-corrected chi connectivity index (χ4v) is 3.50. The molecule has 0 radical (unpaired) electrons. The highest BCUT2D eigenvalue weighted by atomic mass is 19.3. The highest BCUT2D eigenvalue weighted by Gasteiger charge is 2.55. The van der Waals surface area contributed by atoms with Crippen LogP contribution in [0.25, 0.3) is 0 Å². The van der Waals surface area contributed by atoms with E-state index in [0.29, 0.717) is 12.3 Å². The van der Waals surface area contributed by atoms with Gasteiger partial charge in [0.1, 0.15) is 5.97 Å². The van der Waals surface area contributed by atoms with Crippen LogP contribution < -0.4 is 5.11 Å². The smallest absolute Gasteiger partial charge is 0.323 e. The van der Waals surface area contributed by atoms with Gasteiger partial charge in [-0.25, -0.2) is 0 Å². The average Bonchev–Trinajstić information content (AvgIpc) is 2.95. The van der Waals surface area contributed by atoms with E-state index in [9.17, 15) is 23.5 Å². The number of halogens is 2. The molecule has 2 aliphatic carbocycles. The number of hydrogen-bond donors (Lipinski definition) is 0. The summed E-state index contributed by atoms with van der Waals surface area (Å²) in [5.74, 6) is -7.68. The molecule has 2 fully saturated rings. The number of esters is 1. The normalized spacial score (nSPS) is 30.2. The summed E-state index contributed by atoms with van der Waals surface area (Å²) in [7, 11) is 0. The molecule has 0 aromatic carbocycles. The van der Waals surface area contributed by atoms with Gasteiger partial charge in [-0.15, -0.1) is 0 Å². The third-order valence-electron chi connectivity index (χ3n) is 4.66. The van der Waals surface area contributed by atoms with Crippen molar-refractivity contribution < 1.29 is 28.2 Å². The Labute approximate surface area is 122 Å². The van der Waals surface area contributed by atoms with Crippen LogP contribution in [-0.2, 0) is 14.3 Å². The van der Waals surface area contributed by atoms with Gasteiger partial charge in [0.2, 0.25) is 0 Å². The number of carbonyl (C=O) groups is 2. The largest absolute Gasteiger partial charge is 0.544 e. The molecule has 0 amide bonds. The minimum absolute atomic E-state index is 0.0120. The minimum Gasteiger partial charge on any atom is -0.544 e. The van der Waals surface area contributed by atoms with E-state index >= 15 is 0 Å². The first-order chi connectivity index (χ1) is 9.53. The first kappa shape index (κ1) is 16.2. The van der Waals surface area contributed by atoms with E-state index in [1.54, 1.807) is 20.8 Å². The fraction of sp³-hybridized carbons (Fsp3) is 0.867. The zero-order valence-electron chi connectivity index (χ0n) is 12.5. The molecule has 4 atom stereocenters. The first-order valence-corrected chi connectivity index (χ1v) is 7.33. The predicted octanol–water partition coefficient (Wildman–Crippen LogP) is 1.77. The Morgan fingerprint density at radius 2 is 1.81 bits per heavy atom. The standard InChI is InChI=1S/C15H22F2O4/c1-14(2,3)13(20)21-11(15(16,17)12(18)19)10-7-8-4-5-9(10)6-8/h8-11H,4-7H2,1-3H3,(H,18,19)/p-1. The SMILES string of the molecule is CC(C)(C)C(=O)OC(C1CC2CCC1C2)C(F)(F)C(=O)[O-]. The number of aliphatic carboxylic acids is 1. The van der Waals surface area contributed by atoms with Crippen molar-refractivity contribution in [3.63, 3.8) is 0 Å². The first-order valence-electron chi connectivity index (χ1n) is 7.33. The summed E-state index contributed by atoms with van der Waals surface area (Å²) < 4.78 is 33.0. The highest BCUT2D eigenvalue weighted by Crippen LogP contribution is 2.52. The molecule has 6 heteroatoms.